The fraction of sp³-hybridized carbons (Fsp3) is 0.261. The summed E-state index contributed by atoms with van der Waals surface area (Å²) >= 11 is 5.93. The minimum absolute atomic E-state index is 0.167. The van der Waals surface area contributed by atoms with Gasteiger partial charge in [-0.05, 0) is 42.7 Å². The number of pyridine rings is 1. The van der Waals surface area contributed by atoms with E-state index in [1.54, 1.807) is 36.2 Å². The van der Waals surface area contributed by atoms with Crippen molar-refractivity contribution in [1.29, 1.82) is 0 Å². The van der Waals surface area contributed by atoms with Crippen LogP contribution in [0.15, 0.2) is 59.9 Å². The van der Waals surface area contributed by atoms with Crippen molar-refractivity contribution >= 4 is 22.8 Å². The number of benzene rings is 1. The first-order chi connectivity index (χ1) is 15.0. The Labute approximate surface area is 184 Å². The Kier molecular flexibility index (Phi) is 4.90. The second-order valence-corrected chi connectivity index (χ2v) is 8.36. The highest BCUT2D eigenvalue weighted by molar-refractivity contribution is 6.30. The predicted molar refractivity (Wildman–Crippen MR) is 122 cm³/mol. The molecule has 4 aromatic rings. The molecule has 5 rings (SSSR count). The predicted octanol–water partition coefficient (Wildman–Crippen LogP) is 4.06. The average Bonchev–Trinajstić information content (AvgIpc) is 3.41. The van der Waals surface area contributed by atoms with Gasteiger partial charge in [-0.25, -0.2) is 4.52 Å². The van der Waals surface area contributed by atoms with E-state index in [1.165, 1.54) is 17.3 Å². The molecule has 158 valence electrons. The number of methoxy groups -OCH3 is 1. The number of hydrogen-bond donors (Lipinski definition) is 0. The van der Waals surface area contributed by atoms with Gasteiger partial charge in [0.1, 0.15) is 17.6 Å². The second kappa shape index (κ2) is 7.74. The van der Waals surface area contributed by atoms with Crippen LogP contribution >= 0.6 is 11.6 Å². The van der Waals surface area contributed by atoms with E-state index in [0.29, 0.717) is 22.1 Å². The van der Waals surface area contributed by atoms with Crippen molar-refractivity contribution in [2.24, 2.45) is 5.92 Å². The van der Waals surface area contributed by atoms with Gasteiger partial charge in [0, 0.05) is 37.1 Å². The van der Waals surface area contributed by atoms with E-state index >= 15 is 0 Å². The molecule has 3 aromatic heterocycles. The fourth-order valence-electron chi connectivity index (χ4n) is 4.09. The summed E-state index contributed by atoms with van der Waals surface area (Å²) in [5.74, 6) is 1.41. The Morgan fingerprint density at radius 2 is 2.06 bits per heavy atom. The Morgan fingerprint density at radius 3 is 2.77 bits per heavy atom. The molecule has 0 radical (unpaired) electrons. The number of rotatable bonds is 4. The fourth-order valence-corrected chi connectivity index (χ4v) is 4.20. The maximum absolute atomic E-state index is 13.2. The molecular formula is C23H22ClN5O2. The topological polar surface area (TPSA) is 64.7 Å². The van der Waals surface area contributed by atoms with Gasteiger partial charge < -0.3 is 9.64 Å². The van der Waals surface area contributed by atoms with E-state index in [0.717, 1.165) is 35.8 Å². The zero-order chi connectivity index (χ0) is 21.5. The van der Waals surface area contributed by atoms with Crippen LogP contribution in [-0.4, -0.2) is 39.4 Å². The van der Waals surface area contributed by atoms with Crippen LogP contribution in [0.1, 0.15) is 13.3 Å². The Morgan fingerprint density at radius 1 is 1.19 bits per heavy atom. The molecular weight excluding hydrogens is 414 g/mol. The lowest BCUT2D eigenvalue weighted by Gasteiger charge is -2.21. The van der Waals surface area contributed by atoms with Crippen molar-refractivity contribution in [2.75, 3.05) is 25.1 Å². The molecule has 0 N–H and O–H groups in total. The normalized spacial score (nSPS) is 16.2. The van der Waals surface area contributed by atoms with Crippen LogP contribution in [-0.2, 0) is 0 Å². The van der Waals surface area contributed by atoms with Gasteiger partial charge in [-0.15, -0.1) is 0 Å². The van der Waals surface area contributed by atoms with Crippen LogP contribution in [0.3, 0.4) is 0 Å². The van der Waals surface area contributed by atoms with E-state index < -0.39 is 0 Å². The van der Waals surface area contributed by atoms with Gasteiger partial charge in [-0.1, -0.05) is 18.5 Å². The van der Waals surface area contributed by atoms with Crippen molar-refractivity contribution < 1.29 is 4.74 Å². The quantitative estimate of drug-likeness (QED) is 0.483. The third-order valence-electron chi connectivity index (χ3n) is 5.76. The molecule has 7 nitrogen and oxygen atoms in total. The molecule has 1 saturated heterocycles. The number of nitrogens with zero attached hydrogens (tertiary/aromatic N) is 5. The molecule has 0 amide bonds. The first-order valence-electron chi connectivity index (χ1n) is 10.2. The zero-order valence-electron chi connectivity index (χ0n) is 17.3. The largest absolute Gasteiger partial charge is 0.495 e. The lowest BCUT2D eigenvalue weighted by molar-refractivity contribution is 0.414. The van der Waals surface area contributed by atoms with Crippen LogP contribution in [0.2, 0.25) is 5.02 Å². The Balaban J connectivity index is 1.55. The molecule has 0 aliphatic carbocycles. The third kappa shape index (κ3) is 3.55. The van der Waals surface area contributed by atoms with Gasteiger partial charge in [0.15, 0.2) is 0 Å². The number of anilines is 1. The highest BCUT2D eigenvalue weighted by Crippen LogP contribution is 2.33. The van der Waals surface area contributed by atoms with Crippen molar-refractivity contribution in [3.63, 3.8) is 0 Å². The first kappa shape index (κ1) is 19.6. The lowest BCUT2D eigenvalue weighted by Crippen LogP contribution is -2.22. The molecule has 4 heterocycles. The van der Waals surface area contributed by atoms with Gasteiger partial charge in [0.25, 0.3) is 5.56 Å². The summed E-state index contributed by atoms with van der Waals surface area (Å²) in [6.45, 7) is 4.28. The molecule has 1 aliphatic heterocycles. The van der Waals surface area contributed by atoms with E-state index in [9.17, 15) is 4.79 Å². The van der Waals surface area contributed by atoms with Crippen molar-refractivity contribution in [3.05, 3.63) is 70.5 Å². The summed E-state index contributed by atoms with van der Waals surface area (Å²) in [5, 5.41) is 4.99. The summed E-state index contributed by atoms with van der Waals surface area (Å²) in [4.78, 5) is 19.9. The molecule has 0 unspecified atom stereocenters. The summed E-state index contributed by atoms with van der Waals surface area (Å²) in [6.07, 6.45) is 6.07. The summed E-state index contributed by atoms with van der Waals surface area (Å²) < 4.78 is 8.76. The number of halogens is 1. The smallest absolute Gasteiger partial charge is 0.282 e. The molecule has 8 heteroatoms. The minimum Gasteiger partial charge on any atom is -0.495 e. The average molecular weight is 436 g/mol. The number of aromatic nitrogens is 4. The minimum atomic E-state index is -0.167. The molecule has 0 saturated carbocycles. The van der Waals surface area contributed by atoms with Gasteiger partial charge in [0.05, 0.1) is 29.2 Å². The first-order valence-corrected chi connectivity index (χ1v) is 10.6. The van der Waals surface area contributed by atoms with Crippen LogP contribution < -0.4 is 15.2 Å². The van der Waals surface area contributed by atoms with Gasteiger partial charge in [-0.2, -0.15) is 5.10 Å². The van der Waals surface area contributed by atoms with Gasteiger partial charge in [-0.3, -0.25) is 14.3 Å². The van der Waals surface area contributed by atoms with Gasteiger partial charge in [0.2, 0.25) is 0 Å². The summed E-state index contributed by atoms with van der Waals surface area (Å²) in [6, 6.07) is 11.2. The van der Waals surface area contributed by atoms with Crippen LogP contribution in [0.5, 0.6) is 5.75 Å². The molecule has 1 fully saturated rings. The van der Waals surface area contributed by atoms with Crippen molar-refractivity contribution in [1.82, 2.24) is 19.2 Å². The van der Waals surface area contributed by atoms with E-state index in [-0.39, 0.29) is 5.56 Å². The van der Waals surface area contributed by atoms with Crippen LogP contribution in [0.4, 0.5) is 5.69 Å². The SMILES string of the molecule is COc1cc(-n2cnn3cc(-c4ccc(Cl)cn4)cc3c2=O)ccc1N1CC[C@@H](C)C1. The lowest BCUT2D eigenvalue weighted by atomic mass is 10.2. The number of hydrogen-bond acceptors (Lipinski definition) is 5. The number of fused-ring (bicyclic) bond motifs is 1. The van der Waals surface area contributed by atoms with Gasteiger partial charge >= 0.3 is 0 Å². The Hall–Kier alpha value is -3.32. The van der Waals surface area contributed by atoms with Crippen molar-refractivity contribution in [3.8, 4) is 22.7 Å². The Bertz CT molecular complexity index is 1310. The summed E-state index contributed by atoms with van der Waals surface area (Å²) in [7, 11) is 1.66. The molecule has 0 spiro atoms. The van der Waals surface area contributed by atoms with E-state index in [4.69, 9.17) is 16.3 Å². The highest BCUT2D eigenvalue weighted by Gasteiger charge is 2.22. The monoisotopic (exact) mass is 435 g/mol. The standard InChI is InChI=1S/C23H22ClN5O2/c1-15-7-8-27(12-15)20-6-4-18(10-22(20)31-2)28-14-26-29-13-16(9-21(29)23(28)30)19-5-3-17(24)11-25-19/h3-6,9-11,13-15H,7-8,12H2,1-2H3/t15-/m1/s1. The molecule has 31 heavy (non-hydrogen) atoms. The van der Waals surface area contributed by atoms with E-state index in [2.05, 4.69) is 21.9 Å². The molecule has 1 atom stereocenters. The molecule has 0 bridgehead atoms. The van der Waals surface area contributed by atoms with Crippen LogP contribution in [0.25, 0.3) is 22.5 Å². The van der Waals surface area contributed by atoms with Crippen LogP contribution in [0, 0.1) is 5.92 Å². The maximum atomic E-state index is 13.2. The van der Waals surface area contributed by atoms with Crippen molar-refractivity contribution in [2.45, 2.75) is 13.3 Å². The second-order valence-electron chi connectivity index (χ2n) is 7.92. The van der Waals surface area contributed by atoms with E-state index in [1.807, 2.05) is 24.3 Å². The zero-order valence-corrected chi connectivity index (χ0v) is 18.1. The summed E-state index contributed by atoms with van der Waals surface area (Å²) in [5.41, 5.74) is 3.59. The highest BCUT2D eigenvalue weighted by atomic mass is 35.5. The maximum Gasteiger partial charge on any atom is 0.282 e. The molecule has 1 aromatic carbocycles. The number of ether oxygens (including phenoxy) is 1. The third-order valence-corrected chi connectivity index (χ3v) is 5.98. The molecule has 1 aliphatic rings.